The van der Waals surface area contributed by atoms with E-state index in [1.165, 1.54) is 18.4 Å². The zero-order valence-corrected chi connectivity index (χ0v) is 15.0. The molecule has 0 atom stereocenters. The van der Waals surface area contributed by atoms with Gasteiger partial charge < -0.3 is 24.1 Å². The van der Waals surface area contributed by atoms with E-state index >= 15 is 0 Å². The molecule has 0 unspecified atom stereocenters. The molecule has 2 aromatic rings. The monoisotopic (exact) mass is 362 g/mol. The summed E-state index contributed by atoms with van der Waals surface area (Å²) in [5, 5.41) is 5.97. The Kier molecular flexibility index (Phi) is 7.02. The lowest BCUT2D eigenvalue weighted by atomic mass is 10.2. The van der Waals surface area contributed by atoms with E-state index in [0.29, 0.717) is 30.6 Å². The number of carbonyl (C=O) groups is 2. The summed E-state index contributed by atoms with van der Waals surface area (Å²) in [5.74, 6) is 0.454. The van der Waals surface area contributed by atoms with Gasteiger partial charge in [0.05, 0.1) is 18.8 Å². The van der Waals surface area contributed by atoms with Crippen molar-refractivity contribution < 1.29 is 28.3 Å². The maximum Gasteiger partial charge on any atom is 0.338 e. The second kappa shape index (κ2) is 9.45. The molecule has 0 bridgehead atoms. The molecule has 0 saturated carbocycles. The number of esters is 1. The molecular formula is C18H22N2O6. The van der Waals surface area contributed by atoms with Crippen LogP contribution in [-0.4, -0.2) is 36.9 Å². The Morgan fingerprint density at radius 1 is 1.19 bits per heavy atom. The lowest BCUT2D eigenvalue weighted by molar-refractivity contribution is -0.119. The highest BCUT2D eigenvalue weighted by atomic mass is 16.5. The summed E-state index contributed by atoms with van der Waals surface area (Å²) in [4.78, 5) is 23.9. The van der Waals surface area contributed by atoms with Gasteiger partial charge in [-0.05, 0) is 31.0 Å². The fourth-order valence-corrected chi connectivity index (χ4v) is 1.95. The smallest absolute Gasteiger partial charge is 0.338 e. The Morgan fingerprint density at radius 2 is 2.00 bits per heavy atom. The summed E-state index contributed by atoms with van der Waals surface area (Å²) >= 11 is 0. The van der Waals surface area contributed by atoms with Crippen molar-refractivity contribution in [1.82, 2.24) is 5.16 Å². The maximum atomic E-state index is 12.2. The van der Waals surface area contributed by atoms with Crippen molar-refractivity contribution in [2.45, 2.75) is 20.8 Å². The van der Waals surface area contributed by atoms with E-state index in [1.807, 2.05) is 20.8 Å². The SMILES string of the molecule is CCOc1cc(C(=O)OCC(=O)Nc2ccon2)ccc1OCC(C)C. The number of amides is 1. The number of aromatic nitrogens is 1. The average molecular weight is 362 g/mol. The van der Waals surface area contributed by atoms with Gasteiger partial charge in [0.1, 0.15) is 6.26 Å². The first-order valence-corrected chi connectivity index (χ1v) is 8.26. The molecule has 8 nitrogen and oxygen atoms in total. The summed E-state index contributed by atoms with van der Waals surface area (Å²) in [7, 11) is 0. The zero-order chi connectivity index (χ0) is 18.9. The van der Waals surface area contributed by atoms with Crippen LogP contribution < -0.4 is 14.8 Å². The lowest BCUT2D eigenvalue weighted by Crippen LogP contribution is -2.21. The average Bonchev–Trinajstić information content (AvgIpc) is 3.11. The molecule has 1 amide bonds. The fourth-order valence-electron chi connectivity index (χ4n) is 1.95. The standard InChI is InChI=1S/C18H22N2O6/c1-4-23-15-9-13(5-6-14(15)24-10-12(2)3)18(22)25-11-17(21)19-16-7-8-26-20-16/h5-9,12H,4,10-11H2,1-3H3,(H,19,20,21). The second-order valence-electron chi connectivity index (χ2n) is 5.81. The second-order valence-corrected chi connectivity index (χ2v) is 5.81. The number of rotatable bonds is 9. The summed E-state index contributed by atoms with van der Waals surface area (Å²) in [6.07, 6.45) is 1.32. The topological polar surface area (TPSA) is 99.9 Å². The van der Waals surface area contributed by atoms with E-state index < -0.39 is 18.5 Å². The van der Waals surface area contributed by atoms with Crippen LogP contribution in [0.1, 0.15) is 31.1 Å². The van der Waals surface area contributed by atoms with Crippen molar-refractivity contribution in [2.24, 2.45) is 5.92 Å². The van der Waals surface area contributed by atoms with Crippen LogP contribution in [0, 0.1) is 5.92 Å². The van der Waals surface area contributed by atoms with E-state index in [-0.39, 0.29) is 11.4 Å². The Labute approximate surface area is 151 Å². The molecule has 1 N–H and O–H groups in total. The Bertz CT molecular complexity index is 727. The Morgan fingerprint density at radius 3 is 2.65 bits per heavy atom. The predicted octanol–water partition coefficient (Wildman–Crippen LogP) is 2.90. The molecule has 0 saturated heterocycles. The van der Waals surface area contributed by atoms with Gasteiger partial charge in [0.25, 0.3) is 5.91 Å². The van der Waals surface area contributed by atoms with E-state index in [4.69, 9.17) is 14.2 Å². The molecular weight excluding hydrogens is 340 g/mol. The molecule has 0 aliphatic heterocycles. The highest BCUT2D eigenvalue weighted by molar-refractivity contribution is 5.95. The lowest BCUT2D eigenvalue weighted by Gasteiger charge is -2.14. The summed E-state index contributed by atoms with van der Waals surface area (Å²) < 4.78 is 20.8. The molecule has 0 aliphatic rings. The molecule has 0 fully saturated rings. The Hall–Kier alpha value is -3.03. The van der Waals surface area contributed by atoms with Gasteiger partial charge in [-0.25, -0.2) is 4.79 Å². The first-order valence-electron chi connectivity index (χ1n) is 8.26. The number of hydrogen-bond acceptors (Lipinski definition) is 7. The molecule has 26 heavy (non-hydrogen) atoms. The normalized spacial score (nSPS) is 10.5. The van der Waals surface area contributed by atoms with Gasteiger partial charge in [0.15, 0.2) is 23.9 Å². The molecule has 2 rings (SSSR count). The number of ether oxygens (including phenoxy) is 3. The molecule has 1 aromatic heterocycles. The summed E-state index contributed by atoms with van der Waals surface area (Å²) in [5.41, 5.74) is 0.264. The van der Waals surface area contributed by atoms with Crippen molar-refractivity contribution in [3.8, 4) is 11.5 Å². The highest BCUT2D eigenvalue weighted by Crippen LogP contribution is 2.29. The van der Waals surface area contributed by atoms with Crippen LogP contribution in [0.15, 0.2) is 35.1 Å². The van der Waals surface area contributed by atoms with E-state index in [0.717, 1.165) is 0 Å². The van der Waals surface area contributed by atoms with Gasteiger partial charge in [-0.1, -0.05) is 19.0 Å². The molecule has 1 heterocycles. The van der Waals surface area contributed by atoms with Gasteiger partial charge in [0.2, 0.25) is 0 Å². The minimum atomic E-state index is -0.642. The third-order valence-electron chi connectivity index (χ3n) is 3.09. The number of anilines is 1. The number of nitrogens with one attached hydrogen (secondary N) is 1. The molecule has 8 heteroatoms. The number of nitrogens with zero attached hydrogens (tertiary/aromatic N) is 1. The molecule has 0 radical (unpaired) electrons. The van der Waals surface area contributed by atoms with Crippen molar-refractivity contribution >= 4 is 17.7 Å². The maximum absolute atomic E-state index is 12.2. The molecule has 1 aromatic carbocycles. The van der Waals surface area contributed by atoms with Crippen LogP contribution in [0.25, 0.3) is 0 Å². The quantitative estimate of drug-likeness (QED) is 0.685. The molecule has 0 spiro atoms. The van der Waals surface area contributed by atoms with Crippen LogP contribution in [0.5, 0.6) is 11.5 Å². The van der Waals surface area contributed by atoms with Crippen molar-refractivity contribution in [1.29, 1.82) is 0 Å². The number of benzene rings is 1. The van der Waals surface area contributed by atoms with Crippen molar-refractivity contribution in [2.75, 3.05) is 25.1 Å². The number of hydrogen-bond donors (Lipinski definition) is 1. The third kappa shape index (κ3) is 5.80. The van der Waals surface area contributed by atoms with Crippen molar-refractivity contribution in [3.05, 3.63) is 36.1 Å². The first kappa shape index (κ1) is 19.3. The van der Waals surface area contributed by atoms with Gasteiger partial charge in [0, 0.05) is 6.07 Å². The molecule has 140 valence electrons. The largest absolute Gasteiger partial charge is 0.490 e. The van der Waals surface area contributed by atoms with Gasteiger partial charge >= 0.3 is 5.97 Å². The predicted molar refractivity (Wildman–Crippen MR) is 93.4 cm³/mol. The third-order valence-corrected chi connectivity index (χ3v) is 3.09. The summed E-state index contributed by atoms with van der Waals surface area (Å²) in [6, 6.07) is 6.23. The van der Waals surface area contributed by atoms with Crippen LogP contribution >= 0.6 is 0 Å². The van der Waals surface area contributed by atoms with Crippen molar-refractivity contribution in [3.63, 3.8) is 0 Å². The van der Waals surface area contributed by atoms with E-state index in [2.05, 4.69) is 15.0 Å². The number of carbonyl (C=O) groups excluding carboxylic acids is 2. The van der Waals surface area contributed by atoms with E-state index in [9.17, 15) is 9.59 Å². The van der Waals surface area contributed by atoms with Gasteiger partial charge in [-0.15, -0.1) is 0 Å². The van der Waals surface area contributed by atoms with Crippen LogP contribution in [0.3, 0.4) is 0 Å². The van der Waals surface area contributed by atoms with Gasteiger partial charge in [-0.3, -0.25) is 4.79 Å². The van der Waals surface area contributed by atoms with Gasteiger partial charge in [-0.2, -0.15) is 0 Å². The Balaban J connectivity index is 1.96. The highest BCUT2D eigenvalue weighted by Gasteiger charge is 2.15. The fraction of sp³-hybridized carbons (Fsp3) is 0.389. The van der Waals surface area contributed by atoms with Crippen LogP contribution in [0.4, 0.5) is 5.82 Å². The van der Waals surface area contributed by atoms with Crippen LogP contribution in [0.2, 0.25) is 0 Å². The first-order chi connectivity index (χ1) is 12.5. The molecule has 0 aliphatic carbocycles. The summed E-state index contributed by atoms with van der Waals surface area (Å²) in [6.45, 7) is 6.43. The van der Waals surface area contributed by atoms with Crippen LogP contribution in [-0.2, 0) is 9.53 Å². The zero-order valence-electron chi connectivity index (χ0n) is 15.0. The van der Waals surface area contributed by atoms with E-state index in [1.54, 1.807) is 12.1 Å². The minimum Gasteiger partial charge on any atom is -0.490 e. The minimum absolute atomic E-state index is 0.247.